The van der Waals surface area contributed by atoms with Gasteiger partial charge in [0.05, 0.1) is 12.7 Å². The van der Waals surface area contributed by atoms with Gasteiger partial charge >= 0.3 is 6.18 Å². The van der Waals surface area contributed by atoms with E-state index in [2.05, 4.69) is 9.97 Å². The van der Waals surface area contributed by atoms with Crippen LogP contribution in [0.5, 0.6) is 11.6 Å². The van der Waals surface area contributed by atoms with E-state index in [0.29, 0.717) is 19.2 Å². The van der Waals surface area contributed by atoms with Crippen LogP contribution in [0.3, 0.4) is 0 Å². The summed E-state index contributed by atoms with van der Waals surface area (Å²) in [5, 5.41) is 0. The van der Waals surface area contributed by atoms with Crippen molar-refractivity contribution < 1.29 is 27.4 Å². The molecule has 0 aliphatic carbocycles. The third kappa shape index (κ3) is 5.36. The molecule has 1 amide bonds. The Bertz CT molecular complexity index is 828. The third-order valence-corrected chi connectivity index (χ3v) is 4.89. The highest BCUT2D eigenvalue weighted by Gasteiger charge is 2.31. The van der Waals surface area contributed by atoms with Gasteiger partial charge in [0.1, 0.15) is 5.75 Å². The van der Waals surface area contributed by atoms with Crippen molar-refractivity contribution in [3.05, 3.63) is 47.9 Å². The maximum atomic E-state index is 12.7. The molecule has 156 valence electrons. The van der Waals surface area contributed by atoms with Crippen molar-refractivity contribution in [2.45, 2.75) is 37.9 Å². The van der Waals surface area contributed by atoms with Crippen LogP contribution in [0.1, 0.15) is 30.4 Å². The van der Waals surface area contributed by atoms with Crippen LogP contribution in [-0.4, -0.2) is 47.1 Å². The molecule has 3 rings (SSSR count). The van der Waals surface area contributed by atoms with Gasteiger partial charge in [0, 0.05) is 42.8 Å². The SMILES string of the molecule is COc1ccncc1C[C@H]1CCCCN1C(=O)COc1ccc(C(F)(F)F)cn1. The number of ether oxygens (including phenoxy) is 2. The van der Waals surface area contributed by atoms with Crippen LogP contribution in [-0.2, 0) is 17.4 Å². The molecule has 1 atom stereocenters. The number of hydrogen-bond acceptors (Lipinski definition) is 5. The summed E-state index contributed by atoms with van der Waals surface area (Å²) >= 11 is 0. The molecule has 2 aromatic heterocycles. The molecule has 2 aromatic rings. The van der Waals surface area contributed by atoms with E-state index in [9.17, 15) is 18.0 Å². The molecule has 6 nitrogen and oxygen atoms in total. The molecule has 3 heterocycles. The van der Waals surface area contributed by atoms with Crippen LogP contribution < -0.4 is 9.47 Å². The van der Waals surface area contributed by atoms with Crippen molar-refractivity contribution in [3.8, 4) is 11.6 Å². The van der Waals surface area contributed by atoms with E-state index in [1.54, 1.807) is 30.5 Å². The summed E-state index contributed by atoms with van der Waals surface area (Å²) in [5.41, 5.74) is 0.0581. The fourth-order valence-electron chi connectivity index (χ4n) is 3.41. The predicted molar refractivity (Wildman–Crippen MR) is 98.6 cm³/mol. The van der Waals surface area contributed by atoms with Crippen molar-refractivity contribution in [3.63, 3.8) is 0 Å². The fourth-order valence-corrected chi connectivity index (χ4v) is 3.41. The molecule has 0 radical (unpaired) electrons. The van der Waals surface area contributed by atoms with E-state index in [0.717, 1.165) is 42.7 Å². The normalized spacial score (nSPS) is 17.1. The number of likely N-dealkylation sites (tertiary alicyclic amines) is 1. The Morgan fingerprint density at radius 2 is 2.07 bits per heavy atom. The summed E-state index contributed by atoms with van der Waals surface area (Å²) in [6.07, 6.45) is 2.98. The Balaban J connectivity index is 1.62. The second kappa shape index (κ2) is 9.11. The van der Waals surface area contributed by atoms with Gasteiger partial charge in [-0.3, -0.25) is 9.78 Å². The number of piperidine rings is 1. The van der Waals surface area contributed by atoms with Gasteiger partial charge in [-0.25, -0.2) is 4.98 Å². The first kappa shape index (κ1) is 20.9. The summed E-state index contributed by atoms with van der Waals surface area (Å²) in [6, 6.07) is 3.76. The van der Waals surface area contributed by atoms with Crippen LogP contribution in [0, 0.1) is 0 Å². The highest BCUT2D eigenvalue weighted by molar-refractivity contribution is 5.78. The number of halogens is 3. The quantitative estimate of drug-likeness (QED) is 0.731. The summed E-state index contributed by atoms with van der Waals surface area (Å²) < 4.78 is 48.5. The van der Waals surface area contributed by atoms with Crippen molar-refractivity contribution >= 4 is 5.91 Å². The minimum atomic E-state index is -4.46. The smallest absolute Gasteiger partial charge is 0.417 e. The molecule has 0 aromatic carbocycles. The maximum Gasteiger partial charge on any atom is 0.417 e. The maximum absolute atomic E-state index is 12.7. The summed E-state index contributed by atoms with van der Waals surface area (Å²) in [7, 11) is 1.59. The molecule has 0 saturated carbocycles. The zero-order valence-corrected chi connectivity index (χ0v) is 16.0. The Labute approximate surface area is 166 Å². The van der Waals surface area contributed by atoms with Gasteiger partial charge in [-0.2, -0.15) is 13.2 Å². The van der Waals surface area contributed by atoms with E-state index in [-0.39, 0.29) is 24.4 Å². The topological polar surface area (TPSA) is 64.5 Å². The molecule has 1 saturated heterocycles. The molecular formula is C20H22F3N3O3. The molecule has 0 bridgehead atoms. The number of carbonyl (C=O) groups excluding carboxylic acids is 1. The number of rotatable bonds is 6. The number of alkyl halides is 3. The second-order valence-electron chi connectivity index (χ2n) is 6.80. The standard InChI is InChI=1S/C20H22F3N3O3/c1-28-17-7-8-24-11-14(17)10-16-4-2-3-9-26(16)19(27)13-29-18-6-5-15(12-25-18)20(21,22)23/h5-8,11-12,16H,2-4,9-10,13H2,1H3/t16-/m1/s1. The largest absolute Gasteiger partial charge is 0.496 e. The zero-order valence-electron chi connectivity index (χ0n) is 16.0. The van der Waals surface area contributed by atoms with Crippen molar-refractivity contribution in [1.29, 1.82) is 0 Å². The fraction of sp³-hybridized carbons (Fsp3) is 0.450. The Morgan fingerprint density at radius 1 is 1.24 bits per heavy atom. The molecule has 1 aliphatic rings. The average molecular weight is 409 g/mol. The first-order valence-corrected chi connectivity index (χ1v) is 9.31. The van der Waals surface area contributed by atoms with Gasteiger partial charge in [0.15, 0.2) is 6.61 Å². The lowest BCUT2D eigenvalue weighted by Gasteiger charge is -2.36. The van der Waals surface area contributed by atoms with E-state index >= 15 is 0 Å². The number of amides is 1. The number of aromatic nitrogens is 2. The number of methoxy groups -OCH3 is 1. The van der Waals surface area contributed by atoms with Crippen LogP contribution in [0.4, 0.5) is 13.2 Å². The summed E-state index contributed by atoms with van der Waals surface area (Å²) in [5.74, 6) is 0.483. The molecule has 0 spiro atoms. The van der Waals surface area contributed by atoms with Crippen molar-refractivity contribution in [1.82, 2.24) is 14.9 Å². The predicted octanol–water partition coefficient (Wildman–Crippen LogP) is 3.51. The van der Waals surface area contributed by atoms with Gasteiger partial charge in [0.25, 0.3) is 5.91 Å². The van der Waals surface area contributed by atoms with E-state index in [1.807, 2.05) is 0 Å². The molecule has 1 aliphatic heterocycles. The Kier molecular flexibility index (Phi) is 6.56. The second-order valence-corrected chi connectivity index (χ2v) is 6.80. The molecule has 29 heavy (non-hydrogen) atoms. The van der Waals surface area contributed by atoms with E-state index in [1.165, 1.54) is 0 Å². The number of hydrogen-bond donors (Lipinski definition) is 0. The lowest BCUT2D eigenvalue weighted by molar-refractivity contribution is -0.138. The monoisotopic (exact) mass is 409 g/mol. The summed E-state index contributed by atoms with van der Waals surface area (Å²) in [4.78, 5) is 22.2. The van der Waals surface area contributed by atoms with Crippen molar-refractivity contribution in [2.75, 3.05) is 20.3 Å². The molecule has 0 unspecified atom stereocenters. The Hall–Kier alpha value is -2.84. The number of nitrogens with zero attached hydrogens (tertiary/aromatic N) is 3. The minimum Gasteiger partial charge on any atom is -0.496 e. The van der Waals surface area contributed by atoms with Crippen LogP contribution in [0.2, 0.25) is 0 Å². The lowest BCUT2D eigenvalue weighted by atomic mass is 9.96. The van der Waals surface area contributed by atoms with Gasteiger partial charge < -0.3 is 14.4 Å². The molecule has 0 N–H and O–H groups in total. The van der Waals surface area contributed by atoms with E-state index < -0.39 is 11.7 Å². The van der Waals surface area contributed by atoms with Crippen LogP contribution in [0.15, 0.2) is 36.8 Å². The lowest BCUT2D eigenvalue weighted by Crippen LogP contribution is -2.46. The highest BCUT2D eigenvalue weighted by Crippen LogP contribution is 2.29. The number of carbonyl (C=O) groups is 1. The van der Waals surface area contributed by atoms with Gasteiger partial charge in [0.2, 0.25) is 5.88 Å². The van der Waals surface area contributed by atoms with Crippen LogP contribution >= 0.6 is 0 Å². The van der Waals surface area contributed by atoms with Gasteiger partial charge in [-0.1, -0.05) is 0 Å². The average Bonchev–Trinajstić information content (AvgIpc) is 2.72. The van der Waals surface area contributed by atoms with Crippen molar-refractivity contribution in [2.24, 2.45) is 0 Å². The summed E-state index contributed by atoms with van der Waals surface area (Å²) in [6.45, 7) is 0.328. The first-order chi connectivity index (χ1) is 13.9. The zero-order chi connectivity index (χ0) is 20.9. The van der Waals surface area contributed by atoms with E-state index in [4.69, 9.17) is 9.47 Å². The molecule has 1 fully saturated rings. The Morgan fingerprint density at radius 3 is 2.76 bits per heavy atom. The highest BCUT2D eigenvalue weighted by atomic mass is 19.4. The molecular weight excluding hydrogens is 387 g/mol. The first-order valence-electron chi connectivity index (χ1n) is 9.31. The minimum absolute atomic E-state index is 0.0153. The van der Waals surface area contributed by atoms with Gasteiger partial charge in [-0.05, 0) is 37.8 Å². The third-order valence-electron chi connectivity index (χ3n) is 4.89. The molecule has 9 heteroatoms. The van der Waals surface area contributed by atoms with Crippen LogP contribution in [0.25, 0.3) is 0 Å². The van der Waals surface area contributed by atoms with Gasteiger partial charge in [-0.15, -0.1) is 0 Å². The number of pyridine rings is 2.